The Hall–Kier alpha value is -4.49. The number of hydrogen-bond donors (Lipinski definition) is 2. The Balaban J connectivity index is 1.38. The molecular formula is C33H35N3O8S. The van der Waals surface area contributed by atoms with Crippen LogP contribution in [-0.2, 0) is 24.3 Å². The zero-order valence-electron chi connectivity index (χ0n) is 25.0. The van der Waals surface area contributed by atoms with Crippen LogP contribution in [0.5, 0.6) is 5.75 Å². The highest BCUT2D eigenvalue weighted by Crippen LogP contribution is 2.36. The van der Waals surface area contributed by atoms with E-state index in [9.17, 15) is 23.1 Å². The first-order chi connectivity index (χ1) is 21.7. The van der Waals surface area contributed by atoms with E-state index in [0.717, 1.165) is 20.8 Å². The molecule has 2 atom stereocenters. The molecule has 11 nitrogen and oxygen atoms in total. The third-order valence-corrected chi connectivity index (χ3v) is 9.40. The molecule has 0 unspecified atom stereocenters. The highest BCUT2D eigenvalue weighted by molar-refractivity contribution is 7.89. The highest BCUT2D eigenvalue weighted by Gasteiger charge is 2.32. The van der Waals surface area contributed by atoms with E-state index >= 15 is 0 Å². The number of allylic oxidation sites excluding steroid dienone is 1. The van der Waals surface area contributed by atoms with Crippen LogP contribution in [0.2, 0.25) is 0 Å². The molecule has 1 aromatic heterocycles. The van der Waals surface area contributed by atoms with Crippen molar-refractivity contribution in [3.63, 3.8) is 0 Å². The van der Waals surface area contributed by atoms with Crippen LogP contribution in [0.4, 0.5) is 5.69 Å². The van der Waals surface area contributed by atoms with Gasteiger partial charge in [-0.25, -0.2) is 8.42 Å². The first kappa shape index (κ1) is 31.9. The molecule has 0 bridgehead atoms. The third-order valence-electron chi connectivity index (χ3n) is 7.49. The number of nitrogens with zero attached hydrogens (tertiary/aromatic N) is 2. The zero-order valence-corrected chi connectivity index (χ0v) is 25.8. The maximum atomic E-state index is 13.3. The number of para-hydroxylation sites is 2. The Morgan fingerprint density at radius 2 is 1.73 bits per heavy atom. The summed E-state index contributed by atoms with van der Waals surface area (Å²) in [4.78, 5) is 25.8. The smallest absolute Gasteiger partial charge is 0.290 e. The average Bonchev–Trinajstić information content (AvgIpc) is 3.45. The normalized spacial score (nSPS) is 16.7. The van der Waals surface area contributed by atoms with E-state index in [1.54, 1.807) is 53.2 Å². The predicted octanol–water partition coefficient (Wildman–Crippen LogP) is 4.36. The lowest BCUT2D eigenvalue weighted by atomic mass is 9.92. The monoisotopic (exact) mass is 633 g/mol. The molecule has 0 radical (unpaired) electrons. The van der Waals surface area contributed by atoms with Crippen LogP contribution in [-0.4, -0.2) is 73.9 Å². The molecule has 1 aliphatic heterocycles. The third kappa shape index (κ3) is 7.26. The quantitative estimate of drug-likeness (QED) is 0.235. The number of carbonyl (C=O) groups excluding carboxylic acids is 2. The van der Waals surface area contributed by atoms with Crippen molar-refractivity contribution in [2.45, 2.75) is 30.4 Å². The van der Waals surface area contributed by atoms with Gasteiger partial charge in [0.05, 0.1) is 30.7 Å². The Labute approximate surface area is 261 Å². The largest absolute Gasteiger partial charge is 0.497 e. The second kappa shape index (κ2) is 14.1. The van der Waals surface area contributed by atoms with Crippen LogP contribution in [0.25, 0.3) is 10.9 Å². The number of amides is 1. The van der Waals surface area contributed by atoms with Crippen molar-refractivity contribution in [1.29, 1.82) is 0 Å². The first-order valence-corrected chi connectivity index (χ1v) is 15.9. The number of benzene rings is 3. The van der Waals surface area contributed by atoms with Gasteiger partial charge in [-0.15, -0.1) is 0 Å². The molecule has 0 spiro atoms. The van der Waals surface area contributed by atoms with Gasteiger partial charge in [0, 0.05) is 49.6 Å². The van der Waals surface area contributed by atoms with Gasteiger partial charge in [-0.3, -0.25) is 14.2 Å². The Morgan fingerprint density at radius 1 is 1.02 bits per heavy atom. The highest BCUT2D eigenvalue weighted by atomic mass is 32.2. The van der Waals surface area contributed by atoms with Gasteiger partial charge in [0.2, 0.25) is 22.2 Å². The number of sulfonamides is 1. The van der Waals surface area contributed by atoms with Crippen molar-refractivity contribution in [2.75, 3.05) is 38.7 Å². The van der Waals surface area contributed by atoms with Crippen LogP contribution < -0.4 is 10.1 Å². The minimum Gasteiger partial charge on any atom is -0.497 e. The number of rotatable bonds is 12. The molecule has 5 rings (SSSR count). The number of ether oxygens (including phenoxy) is 3. The molecule has 1 aliphatic rings. The summed E-state index contributed by atoms with van der Waals surface area (Å²) >= 11 is 0. The topological polar surface area (TPSA) is 136 Å². The van der Waals surface area contributed by atoms with Crippen molar-refractivity contribution >= 4 is 38.4 Å². The van der Waals surface area contributed by atoms with E-state index in [-0.39, 0.29) is 48.8 Å². The van der Waals surface area contributed by atoms with Gasteiger partial charge < -0.3 is 24.6 Å². The van der Waals surface area contributed by atoms with Gasteiger partial charge in [-0.05, 0) is 54.1 Å². The van der Waals surface area contributed by atoms with E-state index in [1.165, 1.54) is 26.2 Å². The van der Waals surface area contributed by atoms with Crippen molar-refractivity contribution < 1.29 is 37.3 Å². The molecule has 45 heavy (non-hydrogen) atoms. The first-order valence-electron chi connectivity index (χ1n) is 14.4. The summed E-state index contributed by atoms with van der Waals surface area (Å²) in [5.41, 5.74) is 2.16. The van der Waals surface area contributed by atoms with Gasteiger partial charge >= 0.3 is 0 Å². The lowest BCUT2D eigenvalue weighted by Crippen LogP contribution is -2.37. The fourth-order valence-electron chi connectivity index (χ4n) is 5.26. The van der Waals surface area contributed by atoms with E-state index in [0.29, 0.717) is 17.9 Å². The minimum atomic E-state index is -3.95. The van der Waals surface area contributed by atoms with Crippen LogP contribution in [0.15, 0.2) is 102 Å². The fraction of sp³-hybridized carbons (Fsp3) is 0.273. The van der Waals surface area contributed by atoms with Gasteiger partial charge in [-0.2, -0.15) is 4.31 Å². The zero-order chi connectivity index (χ0) is 32.0. The molecule has 3 aromatic carbocycles. The van der Waals surface area contributed by atoms with Crippen molar-refractivity contribution in [3.05, 3.63) is 102 Å². The lowest BCUT2D eigenvalue weighted by molar-refractivity contribution is -0.143. The maximum Gasteiger partial charge on any atom is 0.290 e. The standard InChI is InChI=1S/C33H35N3O8S/c1-23(38)36-22-29(28-10-6-7-11-30(28)36)24-20-31(33(39)34-25-8-4-3-5-9-25)44-32(21-24)43-19-17-35(16-18-37)45(40,41)27-14-12-26(42-2)13-15-27/h3-15,20,22,24,32,37H,16-19,21H2,1-2H3,(H,34,39)/t24-,32+/m1/s1. The average molecular weight is 634 g/mol. The summed E-state index contributed by atoms with van der Waals surface area (Å²) in [5, 5.41) is 13.3. The summed E-state index contributed by atoms with van der Waals surface area (Å²) in [6.07, 6.45) is 2.89. The summed E-state index contributed by atoms with van der Waals surface area (Å²) in [5.74, 6) is -0.425. The van der Waals surface area contributed by atoms with Crippen molar-refractivity contribution in [3.8, 4) is 5.75 Å². The van der Waals surface area contributed by atoms with Gasteiger partial charge in [0.15, 0.2) is 5.76 Å². The molecule has 1 amide bonds. The number of nitrogens with one attached hydrogen (secondary N) is 1. The molecule has 0 saturated carbocycles. The number of anilines is 1. The van der Waals surface area contributed by atoms with Crippen LogP contribution in [0.1, 0.15) is 29.6 Å². The van der Waals surface area contributed by atoms with Gasteiger partial charge in [-0.1, -0.05) is 36.4 Å². The minimum absolute atomic E-state index is 0.0397. The van der Waals surface area contributed by atoms with E-state index in [4.69, 9.17) is 14.2 Å². The Morgan fingerprint density at radius 3 is 2.42 bits per heavy atom. The molecular weight excluding hydrogens is 598 g/mol. The van der Waals surface area contributed by atoms with Crippen LogP contribution >= 0.6 is 0 Å². The maximum absolute atomic E-state index is 13.3. The van der Waals surface area contributed by atoms with E-state index in [1.807, 2.05) is 30.3 Å². The van der Waals surface area contributed by atoms with Gasteiger partial charge in [0.25, 0.3) is 5.91 Å². The SMILES string of the molecule is COc1ccc(S(=O)(=O)N(CCO)CCO[C@@H]2C[C@H](c3cn(C(C)=O)c4ccccc34)C=C(C(=O)Nc3ccccc3)O2)cc1. The number of hydrogen-bond acceptors (Lipinski definition) is 8. The Bertz CT molecular complexity index is 1790. The summed E-state index contributed by atoms with van der Waals surface area (Å²) in [6, 6.07) is 22.4. The van der Waals surface area contributed by atoms with Crippen LogP contribution in [0, 0.1) is 0 Å². The molecule has 0 fully saturated rings. The number of aromatic nitrogens is 1. The fourth-order valence-corrected chi connectivity index (χ4v) is 6.67. The molecule has 12 heteroatoms. The number of aliphatic hydroxyl groups excluding tert-OH is 1. The van der Waals surface area contributed by atoms with Crippen LogP contribution in [0.3, 0.4) is 0 Å². The summed E-state index contributed by atoms with van der Waals surface area (Å²) in [7, 11) is -2.46. The molecule has 236 valence electrons. The van der Waals surface area contributed by atoms with Crippen molar-refractivity contribution in [1.82, 2.24) is 8.87 Å². The number of aliphatic hydroxyl groups is 1. The van der Waals surface area contributed by atoms with E-state index in [2.05, 4.69) is 5.32 Å². The van der Waals surface area contributed by atoms with E-state index < -0.39 is 22.2 Å². The molecule has 0 aliphatic carbocycles. The van der Waals surface area contributed by atoms with Gasteiger partial charge in [0.1, 0.15) is 5.75 Å². The Kier molecular flexibility index (Phi) is 9.99. The molecule has 2 heterocycles. The summed E-state index contributed by atoms with van der Waals surface area (Å²) in [6.45, 7) is 0.817. The molecule has 4 aromatic rings. The number of methoxy groups -OCH3 is 1. The summed E-state index contributed by atoms with van der Waals surface area (Å²) < 4.78 is 46.5. The number of carbonyl (C=O) groups is 2. The number of fused-ring (bicyclic) bond motifs is 1. The molecule has 2 N–H and O–H groups in total. The predicted molar refractivity (Wildman–Crippen MR) is 168 cm³/mol. The van der Waals surface area contributed by atoms with Crippen molar-refractivity contribution in [2.24, 2.45) is 0 Å². The molecule has 0 saturated heterocycles. The lowest BCUT2D eigenvalue weighted by Gasteiger charge is -2.30. The second-order valence-electron chi connectivity index (χ2n) is 10.4. The second-order valence-corrected chi connectivity index (χ2v) is 12.3.